The van der Waals surface area contributed by atoms with Gasteiger partial charge in [0.25, 0.3) is 10.0 Å². The number of sulfonamides is 1. The van der Waals surface area contributed by atoms with E-state index < -0.39 is 10.0 Å². The van der Waals surface area contributed by atoms with Gasteiger partial charge in [0.1, 0.15) is 10.0 Å². The minimum absolute atomic E-state index is 0.265. The van der Waals surface area contributed by atoms with Gasteiger partial charge < -0.3 is 5.32 Å². The van der Waals surface area contributed by atoms with Crippen molar-refractivity contribution < 1.29 is 8.42 Å². The second-order valence-corrected chi connectivity index (χ2v) is 8.35. The summed E-state index contributed by atoms with van der Waals surface area (Å²) in [6, 6.07) is 12.1. The van der Waals surface area contributed by atoms with E-state index in [4.69, 9.17) is 11.6 Å². The maximum absolute atomic E-state index is 12.2. The van der Waals surface area contributed by atoms with Crippen LogP contribution >= 0.6 is 22.9 Å². The molecular formula is C16H14ClN3O2S2. The average molecular weight is 380 g/mol. The van der Waals surface area contributed by atoms with Crippen LogP contribution in [0.15, 0.2) is 58.3 Å². The molecule has 0 saturated heterocycles. The van der Waals surface area contributed by atoms with Crippen molar-refractivity contribution in [1.29, 1.82) is 0 Å². The summed E-state index contributed by atoms with van der Waals surface area (Å²) in [4.78, 5) is 4.24. The van der Waals surface area contributed by atoms with E-state index in [2.05, 4.69) is 15.0 Å². The van der Waals surface area contributed by atoms with E-state index in [1.807, 2.05) is 19.1 Å². The first-order valence-corrected chi connectivity index (χ1v) is 9.74. The van der Waals surface area contributed by atoms with Crippen molar-refractivity contribution in [2.45, 2.75) is 11.1 Å². The zero-order chi connectivity index (χ0) is 17.2. The molecule has 0 amide bonds. The maximum Gasteiger partial charge on any atom is 0.271 e. The third kappa shape index (κ3) is 3.87. The molecular weight excluding hydrogens is 366 g/mol. The Labute approximate surface area is 149 Å². The van der Waals surface area contributed by atoms with Crippen LogP contribution in [0.5, 0.6) is 0 Å². The van der Waals surface area contributed by atoms with Crippen molar-refractivity contribution in [2.24, 2.45) is 0 Å². The molecule has 0 radical (unpaired) electrons. The Morgan fingerprint density at radius 2 is 2.00 bits per heavy atom. The highest BCUT2D eigenvalue weighted by atomic mass is 35.5. The summed E-state index contributed by atoms with van der Waals surface area (Å²) in [6.07, 6.45) is 1.47. The summed E-state index contributed by atoms with van der Waals surface area (Å²) < 4.78 is 27.1. The molecule has 0 aliphatic heterocycles. The van der Waals surface area contributed by atoms with Crippen molar-refractivity contribution in [3.63, 3.8) is 0 Å². The lowest BCUT2D eigenvalue weighted by molar-refractivity contribution is 0.603. The molecule has 0 aliphatic carbocycles. The van der Waals surface area contributed by atoms with Crippen LogP contribution in [0.4, 0.5) is 17.2 Å². The Hall–Kier alpha value is -2.09. The van der Waals surface area contributed by atoms with Crippen molar-refractivity contribution >= 4 is 50.2 Å². The summed E-state index contributed by atoms with van der Waals surface area (Å²) in [7, 11) is -3.56. The molecule has 1 aromatic carbocycles. The molecule has 2 aromatic heterocycles. The number of aryl methyl sites for hydroxylation is 1. The lowest BCUT2D eigenvalue weighted by Gasteiger charge is -2.10. The van der Waals surface area contributed by atoms with E-state index in [0.29, 0.717) is 16.5 Å². The molecule has 2 heterocycles. The fraction of sp³-hybridized carbons (Fsp3) is 0.0625. The molecule has 3 rings (SSSR count). The number of hydrogen-bond donors (Lipinski definition) is 2. The molecule has 2 N–H and O–H groups in total. The summed E-state index contributed by atoms with van der Waals surface area (Å²) in [5.74, 6) is 0.611. The van der Waals surface area contributed by atoms with E-state index in [-0.39, 0.29) is 4.21 Å². The third-order valence-electron chi connectivity index (χ3n) is 3.23. The molecule has 0 atom stereocenters. The zero-order valence-corrected chi connectivity index (χ0v) is 15.0. The number of benzene rings is 1. The summed E-state index contributed by atoms with van der Waals surface area (Å²) >= 11 is 7.10. The fourth-order valence-corrected chi connectivity index (χ4v) is 4.32. The SMILES string of the molecule is Cc1cc(Cl)ccc1Nc1ccc(NS(=O)(=O)c2cccs2)cn1. The first kappa shape index (κ1) is 16.8. The average Bonchev–Trinajstić information content (AvgIpc) is 3.07. The summed E-state index contributed by atoms with van der Waals surface area (Å²) in [5.41, 5.74) is 2.28. The molecule has 0 saturated carbocycles. The van der Waals surface area contributed by atoms with Gasteiger partial charge >= 0.3 is 0 Å². The van der Waals surface area contributed by atoms with Crippen LogP contribution in [-0.2, 0) is 10.0 Å². The van der Waals surface area contributed by atoms with Gasteiger partial charge in [-0.05, 0) is 54.3 Å². The molecule has 24 heavy (non-hydrogen) atoms. The molecule has 0 unspecified atom stereocenters. The molecule has 0 spiro atoms. The van der Waals surface area contributed by atoms with Crippen LogP contribution in [0.25, 0.3) is 0 Å². The Balaban J connectivity index is 1.74. The summed E-state index contributed by atoms with van der Waals surface area (Å²) in [6.45, 7) is 1.94. The highest BCUT2D eigenvalue weighted by Gasteiger charge is 2.15. The Morgan fingerprint density at radius 1 is 1.17 bits per heavy atom. The predicted molar refractivity (Wildman–Crippen MR) is 98.8 cm³/mol. The van der Waals surface area contributed by atoms with Crippen LogP contribution in [0.2, 0.25) is 5.02 Å². The van der Waals surface area contributed by atoms with Gasteiger partial charge in [-0.15, -0.1) is 11.3 Å². The number of nitrogens with zero attached hydrogens (tertiary/aromatic N) is 1. The lowest BCUT2D eigenvalue weighted by Crippen LogP contribution is -2.11. The van der Waals surface area contributed by atoms with Gasteiger partial charge in [-0.3, -0.25) is 4.72 Å². The number of hydrogen-bond acceptors (Lipinski definition) is 5. The van der Waals surface area contributed by atoms with Crippen molar-refractivity contribution in [3.8, 4) is 0 Å². The van der Waals surface area contributed by atoms with Crippen LogP contribution in [0, 0.1) is 6.92 Å². The first-order valence-electron chi connectivity index (χ1n) is 6.99. The van der Waals surface area contributed by atoms with E-state index in [1.54, 1.807) is 35.7 Å². The lowest BCUT2D eigenvalue weighted by atomic mass is 10.2. The molecule has 0 bridgehead atoms. The van der Waals surface area contributed by atoms with Gasteiger partial charge in [0.15, 0.2) is 0 Å². The van der Waals surface area contributed by atoms with Crippen LogP contribution in [-0.4, -0.2) is 13.4 Å². The summed E-state index contributed by atoms with van der Waals surface area (Å²) in [5, 5.41) is 5.56. The van der Waals surface area contributed by atoms with Crippen LogP contribution in [0.3, 0.4) is 0 Å². The highest BCUT2D eigenvalue weighted by molar-refractivity contribution is 7.94. The van der Waals surface area contributed by atoms with Crippen LogP contribution in [0.1, 0.15) is 5.56 Å². The Bertz CT molecular complexity index is 940. The number of pyridine rings is 1. The number of anilines is 3. The molecule has 0 aliphatic rings. The number of thiophene rings is 1. The van der Waals surface area contributed by atoms with Gasteiger partial charge in [-0.2, -0.15) is 0 Å². The number of halogens is 1. The standard InChI is InChI=1S/C16H14ClN3O2S2/c1-11-9-12(17)4-6-14(11)19-15-7-5-13(10-18-15)20-24(21,22)16-3-2-8-23-16/h2-10,20H,1H3,(H,18,19). The fourth-order valence-electron chi connectivity index (χ4n) is 2.06. The van der Waals surface area contributed by atoms with Gasteiger partial charge in [-0.1, -0.05) is 17.7 Å². The highest BCUT2D eigenvalue weighted by Crippen LogP contribution is 2.24. The second kappa shape index (κ2) is 6.80. The van der Waals surface area contributed by atoms with Gasteiger partial charge in [0, 0.05) is 10.7 Å². The monoisotopic (exact) mass is 379 g/mol. The number of rotatable bonds is 5. The molecule has 8 heteroatoms. The van der Waals surface area contributed by atoms with Crippen molar-refractivity contribution in [1.82, 2.24) is 4.98 Å². The normalized spacial score (nSPS) is 11.2. The first-order chi connectivity index (χ1) is 11.4. The maximum atomic E-state index is 12.2. The van der Waals surface area contributed by atoms with Crippen LogP contribution < -0.4 is 10.0 Å². The van der Waals surface area contributed by atoms with Gasteiger partial charge in [0.05, 0.1) is 11.9 Å². The largest absolute Gasteiger partial charge is 0.340 e. The quantitative estimate of drug-likeness (QED) is 0.676. The van der Waals surface area contributed by atoms with E-state index in [1.165, 1.54) is 6.20 Å². The van der Waals surface area contributed by atoms with Gasteiger partial charge in [0.2, 0.25) is 0 Å². The second-order valence-electron chi connectivity index (χ2n) is 5.05. The molecule has 3 aromatic rings. The van der Waals surface area contributed by atoms with Crippen molar-refractivity contribution in [3.05, 3.63) is 64.6 Å². The van der Waals surface area contributed by atoms with E-state index in [0.717, 1.165) is 22.6 Å². The third-order valence-corrected chi connectivity index (χ3v) is 6.24. The molecule has 0 fully saturated rings. The predicted octanol–water partition coefficient (Wildman–Crippen LogP) is 4.65. The molecule has 124 valence electrons. The minimum atomic E-state index is -3.56. The Kier molecular flexibility index (Phi) is 4.75. The van der Waals surface area contributed by atoms with E-state index >= 15 is 0 Å². The van der Waals surface area contributed by atoms with E-state index in [9.17, 15) is 8.42 Å². The smallest absolute Gasteiger partial charge is 0.271 e. The van der Waals surface area contributed by atoms with Gasteiger partial charge in [-0.25, -0.2) is 13.4 Å². The van der Waals surface area contributed by atoms with Crippen molar-refractivity contribution in [2.75, 3.05) is 10.0 Å². The minimum Gasteiger partial charge on any atom is -0.340 e. The number of nitrogens with one attached hydrogen (secondary N) is 2. The zero-order valence-electron chi connectivity index (χ0n) is 12.7. The Morgan fingerprint density at radius 3 is 2.62 bits per heavy atom. The molecule has 5 nitrogen and oxygen atoms in total. The topological polar surface area (TPSA) is 71.1 Å². The number of aromatic nitrogens is 1.